The van der Waals surface area contributed by atoms with Gasteiger partial charge >= 0.3 is 0 Å². The first kappa shape index (κ1) is 11.6. The van der Waals surface area contributed by atoms with Gasteiger partial charge in [-0.15, -0.1) is 6.58 Å². The number of imide groups is 1. The molecule has 1 atom stereocenters. The summed E-state index contributed by atoms with van der Waals surface area (Å²) in [5.41, 5.74) is -0.857. The van der Waals surface area contributed by atoms with Crippen LogP contribution in [0.5, 0.6) is 0 Å². The van der Waals surface area contributed by atoms with Gasteiger partial charge < -0.3 is 5.32 Å². The van der Waals surface area contributed by atoms with Gasteiger partial charge in [0.1, 0.15) is 0 Å². The van der Waals surface area contributed by atoms with Crippen molar-refractivity contribution in [3.05, 3.63) is 24.3 Å². The van der Waals surface area contributed by atoms with Crippen LogP contribution in [0.25, 0.3) is 0 Å². The number of nitrogens with one attached hydrogen (secondary N) is 2. The van der Waals surface area contributed by atoms with Gasteiger partial charge in [-0.3, -0.25) is 19.7 Å². The first-order valence-corrected chi connectivity index (χ1v) is 5.59. The van der Waals surface area contributed by atoms with E-state index in [0.29, 0.717) is 13.0 Å². The lowest BCUT2D eigenvalue weighted by Gasteiger charge is -2.27. The van der Waals surface area contributed by atoms with Gasteiger partial charge in [0, 0.05) is 18.2 Å². The number of rotatable bonds is 2. The second-order valence-electron chi connectivity index (χ2n) is 4.26. The number of hydrogen-bond acceptors (Lipinski definition) is 3. The zero-order chi connectivity index (χ0) is 12.5. The monoisotopic (exact) mass is 234 g/mol. The van der Waals surface area contributed by atoms with Gasteiger partial charge in [0.05, 0.1) is 5.41 Å². The highest BCUT2D eigenvalue weighted by molar-refractivity contribution is 6.19. The second kappa shape index (κ2) is 4.16. The van der Waals surface area contributed by atoms with Crippen LogP contribution in [0.1, 0.15) is 19.3 Å². The summed E-state index contributed by atoms with van der Waals surface area (Å²) in [7, 11) is 0. The summed E-state index contributed by atoms with van der Waals surface area (Å²) in [6.45, 7) is 4.25. The van der Waals surface area contributed by atoms with Crippen molar-refractivity contribution in [3.8, 4) is 0 Å². The fraction of sp³-hybridized carbons (Fsp3) is 0.417. The van der Waals surface area contributed by atoms with Crippen LogP contribution in [0, 0.1) is 5.41 Å². The molecule has 1 fully saturated rings. The standard InChI is InChI=1S/C12H14N2O3/c1-2-12(5-3-4-6-13-11(12)17)8-7-9(15)14-10(8)16/h2,7H,1,3-6H2,(H,13,17)(H,14,15,16). The van der Waals surface area contributed by atoms with Crippen LogP contribution in [0.3, 0.4) is 0 Å². The van der Waals surface area contributed by atoms with Crippen LogP contribution in [0.2, 0.25) is 0 Å². The van der Waals surface area contributed by atoms with Crippen molar-refractivity contribution < 1.29 is 14.4 Å². The van der Waals surface area contributed by atoms with E-state index in [4.69, 9.17) is 0 Å². The largest absolute Gasteiger partial charge is 0.355 e. The molecule has 2 heterocycles. The molecule has 0 bridgehead atoms. The van der Waals surface area contributed by atoms with E-state index in [1.165, 1.54) is 12.2 Å². The molecule has 0 saturated carbocycles. The van der Waals surface area contributed by atoms with Crippen LogP contribution < -0.4 is 10.6 Å². The van der Waals surface area contributed by atoms with Crippen molar-refractivity contribution in [2.75, 3.05) is 6.54 Å². The second-order valence-corrected chi connectivity index (χ2v) is 4.26. The zero-order valence-corrected chi connectivity index (χ0v) is 9.41. The molecule has 0 spiro atoms. The minimum absolute atomic E-state index is 0.205. The normalized spacial score (nSPS) is 29.2. The van der Waals surface area contributed by atoms with Gasteiger partial charge in [-0.2, -0.15) is 0 Å². The van der Waals surface area contributed by atoms with Gasteiger partial charge in [-0.25, -0.2) is 0 Å². The van der Waals surface area contributed by atoms with Gasteiger partial charge in [0.15, 0.2) is 0 Å². The van der Waals surface area contributed by atoms with E-state index in [0.717, 1.165) is 12.8 Å². The average Bonchev–Trinajstić information content (AvgIpc) is 2.53. The predicted molar refractivity (Wildman–Crippen MR) is 60.7 cm³/mol. The summed E-state index contributed by atoms with van der Waals surface area (Å²) in [4.78, 5) is 35.0. The highest BCUT2D eigenvalue weighted by atomic mass is 16.2. The van der Waals surface area contributed by atoms with Crippen LogP contribution in [-0.2, 0) is 14.4 Å². The molecular weight excluding hydrogens is 220 g/mol. The van der Waals surface area contributed by atoms with Gasteiger partial charge in [0.2, 0.25) is 5.91 Å². The molecule has 3 amide bonds. The number of hydrogen-bond donors (Lipinski definition) is 2. The fourth-order valence-electron chi connectivity index (χ4n) is 2.31. The molecule has 0 aromatic heterocycles. The molecule has 1 saturated heterocycles. The Labute approximate surface area is 98.9 Å². The molecule has 2 N–H and O–H groups in total. The summed E-state index contributed by atoms with van der Waals surface area (Å²) < 4.78 is 0. The molecule has 1 unspecified atom stereocenters. The highest BCUT2D eigenvalue weighted by Crippen LogP contribution is 2.37. The molecule has 2 rings (SSSR count). The van der Waals surface area contributed by atoms with Crippen molar-refractivity contribution >= 4 is 17.7 Å². The van der Waals surface area contributed by atoms with E-state index in [9.17, 15) is 14.4 Å². The van der Waals surface area contributed by atoms with E-state index in [1.54, 1.807) is 0 Å². The third-order valence-electron chi connectivity index (χ3n) is 3.27. The maximum absolute atomic E-state index is 12.1. The zero-order valence-electron chi connectivity index (χ0n) is 9.41. The molecule has 90 valence electrons. The van der Waals surface area contributed by atoms with Crippen LogP contribution in [0.4, 0.5) is 0 Å². The first-order valence-electron chi connectivity index (χ1n) is 5.59. The summed E-state index contributed by atoms with van der Waals surface area (Å²) in [6, 6.07) is 0. The van der Waals surface area contributed by atoms with Crippen molar-refractivity contribution in [3.63, 3.8) is 0 Å². The van der Waals surface area contributed by atoms with Crippen LogP contribution in [0.15, 0.2) is 24.3 Å². The SMILES string of the molecule is C=CC1(C2=CC(=O)NC2=O)CCCCNC1=O. The van der Waals surface area contributed by atoms with Gasteiger partial charge in [-0.1, -0.05) is 6.08 Å². The smallest absolute Gasteiger partial charge is 0.255 e. The Kier molecular flexibility index (Phi) is 2.83. The van der Waals surface area contributed by atoms with E-state index in [2.05, 4.69) is 17.2 Å². The maximum Gasteiger partial charge on any atom is 0.255 e. The Morgan fingerprint density at radius 1 is 1.29 bits per heavy atom. The summed E-state index contributed by atoms with van der Waals surface area (Å²) in [5.74, 6) is -1.21. The molecule has 0 aromatic carbocycles. The van der Waals surface area contributed by atoms with Crippen molar-refractivity contribution in [1.82, 2.24) is 10.6 Å². The Balaban J connectivity index is 2.45. The average molecular weight is 234 g/mol. The Hall–Kier alpha value is -1.91. The van der Waals surface area contributed by atoms with E-state index < -0.39 is 17.2 Å². The lowest BCUT2D eigenvalue weighted by Crippen LogP contribution is -2.42. The molecule has 2 aliphatic heterocycles. The van der Waals surface area contributed by atoms with Gasteiger partial charge in [0.25, 0.3) is 11.8 Å². The van der Waals surface area contributed by atoms with Crippen LogP contribution in [-0.4, -0.2) is 24.3 Å². The molecule has 17 heavy (non-hydrogen) atoms. The van der Waals surface area contributed by atoms with Crippen LogP contribution >= 0.6 is 0 Å². The van der Waals surface area contributed by atoms with E-state index in [-0.39, 0.29) is 11.5 Å². The third kappa shape index (κ3) is 1.77. The highest BCUT2D eigenvalue weighted by Gasteiger charge is 2.45. The summed E-state index contributed by atoms with van der Waals surface area (Å²) >= 11 is 0. The lowest BCUT2D eigenvalue weighted by molar-refractivity contribution is -0.130. The Morgan fingerprint density at radius 3 is 2.65 bits per heavy atom. The molecule has 0 radical (unpaired) electrons. The first-order chi connectivity index (χ1) is 8.10. The maximum atomic E-state index is 12.1. The minimum atomic E-state index is -1.06. The molecule has 0 aliphatic carbocycles. The predicted octanol–water partition coefficient (Wildman–Crippen LogP) is 0.0417. The Bertz CT molecular complexity index is 439. The molecule has 5 nitrogen and oxygen atoms in total. The van der Waals surface area contributed by atoms with E-state index in [1.807, 2.05) is 0 Å². The molecule has 2 aliphatic rings. The van der Waals surface area contributed by atoms with Crippen molar-refractivity contribution in [2.45, 2.75) is 19.3 Å². The molecule has 0 aromatic rings. The third-order valence-corrected chi connectivity index (χ3v) is 3.27. The number of carbonyl (C=O) groups excluding carboxylic acids is 3. The Morgan fingerprint density at radius 2 is 2.06 bits per heavy atom. The van der Waals surface area contributed by atoms with Crippen molar-refractivity contribution in [2.24, 2.45) is 5.41 Å². The lowest BCUT2D eigenvalue weighted by atomic mass is 9.75. The molecular formula is C12H14N2O3. The number of amides is 3. The molecule has 5 heteroatoms. The van der Waals surface area contributed by atoms with E-state index >= 15 is 0 Å². The van der Waals surface area contributed by atoms with Crippen molar-refractivity contribution in [1.29, 1.82) is 0 Å². The quantitative estimate of drug-likeness (QED) is 0.523. The minimum Gasteiger partial charge on any atom is -0.355 e. The van der Waals surface area contributed by atoms with Gasteiger partial charge in [-0.05, 0) is 19.3 Å². The fourth-order valence-corrected chi connectivity index (χ4v) is 2.31. The summed E-state index contributed by atoms with van der Waals surface area (Å²) in [6.07, 6.45) is 4.86. The topological polar surface area (TPSA) is 75.3 Å². The number of carbonyl (C=O) groups is 3. The summed E-state index contributed by atoms with van der Waals surface area (Å²) in [5, 5.41) is 4.92.